The summed E-state index contributed by atoms with van der Waals surface area (Å²) < 4.78 is 15.3. The zero-order chi connectivity index (χ0) is 13.1. The molecule has 1 aromatic heterocycles. The van der Waals surface area contributed by atoms with E-state index in [9.17, 15) is 4.39 Å². The molecule has 0 bridgehead atoms. The van der Waals surface area contributed by atoms with Crippen LogP contribution in [0.1, 0.15) is 29.8 Å². The third kappa shape index (κ3) is 2.43. The Morgan fingerprint density at radius 2 is 2.17 bits per heavy atom. The van der Waals surface area contributed by atoms with Crippen molar-refractivity contribution in [2.75, 3.05) is 6.54 Å². The van der Waals surface area contributed by atoms with Gasteiger partial charge < -0.3 is 5.32 Å². The summed E-state index contributed by atoms with van der Waals surface area (Å²) in [5.41, 5.74) is 3.06. The Kier molecular flexibility index (Phi) is 3.77. The molecule has 18 heavy (non-hydrogen) atoms. The number of nitrogens with zero attached hydrogens (tertiary/aromatic N) is 2. The van der Waals surface area contributed by atoms with Crippen LogP contribution in [0.4, 0.5) is 4.39 Å². The number of hydrogen-bond acceptors (Lipinski definition) is 2. The minimum absolute atomic E-state index is 0.0294. The molecule has 1 aromatic carbocycles. The Labute approximate surface area is 107 Å². The Hall–Kier alpha value is -1.68. The van der Waals surface area contributed by atoms with Crippen LogP contribution in [-0.2, 0) is 7.05 Å². The van der Waals surface area contributed by atoms with Crippen LogP contribution >= 0.6 is 0 Å². The van der Waals surface area contributed by atoms with Crippen molar-refractivity contribution in [3.05, 3.63) is 53.1 Å². The average Bonchev–Trinajstić information content (AvgIpc) is 2.76. The van der Waals surface area contributed by atoms with Gasteiger partial charge in [0.25, 0.3) is 0 Å². The molecule has 0 saturated heterocycles. The standard InChI is InChI=1S/C14H18FN3/c1-4-16-14(13-7-8-17-18(13)3)12-9-11(15)6-5-10(12)2/h5-9,14,16H,4H2,1-3H3. The maximum atomic E-state index is 13.4. The first-order valence-electron chi connectivity index (χ1n) is 6.10. The van der Waals surface area contributed by atoms with Crippen molar-refractivity contribution in [1.29, 1.82) is 0 Å². The molecule has 0 spiro atoms. The van der Waals surface area contributed by atoms with Crippen molar-refractivity contribution in [2.24, 2.45) is 7.05 Å². The van der Waals surface area contributed by atoms with Gasteiger partial charge in [-0.15, -0.1) is 0 Å². The van der Waals surface area contributed by atoms with Crippen molar-refractivity contribution in [3.8, 4) is 0 Å². The predicted molar refractivity (Wildman–Crippen MR) is 69.9 cm³/mol. The molecule has 0 aliphatic carbocycles. The molecule has 0 radical (unpaired) electrons. The summed E-state index contributed by atoms with van der Waals surface area (Å²) in [5, 5.41) is 7.56. The van der Waals surface area contributed by atoms with Gasteiger partial charge >= 0.3 is 0 Å². The third-order valence-electron chi connectivity index (χ3n) is 3.12. The highest BCUT2D eigenvalue weighted by atomic mass is 19.1. The van der Waals surface area contributed by atoms with Crippen LogP contribution in [0.15, 0.2) is 30.5 Å². The zero-order valence-electron chi connectivity index (χ0n) is 10.9. The number of benzene rings is 1. The second-order valence-corrected chi connectivity index (χ2v) is 4.37. The van der Waals surface area contributed by atoms with Crippen LogP contribution in [0.3, 0.4) is 0 Å². The fourth-order valence-electron chi connectivity index (χ4n) is 2.17. The second-order valence-electron chi connectivity index (χ2n) is 4.37. The fourth-order valence-corrected chi connectivity index (χ4v) is 2.17. The molecule has 2 rings (SSSR count). The largest absolute Gasteiger partial charge is 0.305 e. The summed E-state index contributed by atoms with van der Waals surface area (Å²) in [7, 11) is 1.90. The molecule has 0 fully saturated rings. The highest BCUT2D eigenvalue weighted by Crippen LogP contribution is 2.25. The van der Waals surface area contributed by atoms with Gasteiger partial charge in [0, 0.05) is 13.2 Å². The van der Waals surface area contributed by atoms with E-state index in [1.54, 1.807) is 12.3 Å². The van der Waals surface area contributed by atoms with Gasteiger partial charge in [0.15, 0.2) is 0 Å². The van der Waals surface area contributed by atoms with E-state index in [0.717, 1.165) is 23.4 Å². The van der Waals surface area contributed by atoms with Crippen molar-refractivity contribution >= 4 is 0 Å². The quantitative estimate of drug-likeness (QED) is 0.900. The molecule has 1 heterocycles. The smallest absolute Gasteiger partial charge is 0.123 e. The van der Waals surface area contributed by atoms with E-state index < -0.39 is 0 Å². The predicted octanol–water partition coefficient (Wildman–Crippen LogP) is 2.57. The highest BCUT2D eigenvalue weighted by molar-refractivity contribution is 5.34. The molecule has 0 aliphatic heterocycles. The molecule has 0 saturated carbocycles. The average molecular weight is 247 g/mol. The summed E-state index contributed by atoms with van der Waals surface area (Å²) in [6, 6.07) is 6.82. The number of halogens is 1. The lowest BCUT2D eigenvalue weighted by atomic mass is 9.98. The molecule has 1 unspecified atom stereocenters. The summed E-state index contributed by atoms with van der Waals surface area (Å²) in [5.74, 6) is -0.208. The molecule has 1 atom stereocenters. The topological polar surface area (TPSA) is 29.9 Å². The molecule has 3 nitrogen and oxygen atoms in total. The van der Waals surface area contributed by atoms with Gasteiger partial charge in [-0.25, -0.2) is 4.39 Å². The molecule has 4 heteroatoms. The van der Waals surface area contributed by atoms with Crippen LogP contribution in [0.2, 0.25) is 0 Å². The van der Waals surface area contributed by atoms with Gasteiger partial charge in [0.05, 0.1) is 11.7 Å². The van der Waals surface area contributed by atoms with E-state index in [0.29, 0.717) is 0 Å². The number of nitrogens with one attached hydrogen (secondary N) is 1. The maximum absolute atomic E-state index is 13.4. The maximum Gasteiger partial charge on any atom is 0.123 e. The lowest BCUT2D eigenvalue weighted by Gasteiger charge is -2.20. The zero-order valence-corrected chi connectivity index (χ0v) is 10.9. The minimum atomic E-state index is -0.208. The first-order valence-corrected chi connectivity index (χ1v) is 6.10. The van der Waals surface area contributed by atoms with E-state index in [1.807, 2.05) is 37.7 Å². The number of aromatic nitrogens is 2. The number of hydrogen-bond donors (Lipinski definition) is 1. The first kappa shape index (κ1) is 12.8. The Morgan fingerprint density at radius 1 is 1.39 bits per heavy atom. The molecular formula is C14H18FN3. The lowest BCUT2D eigenvalue weighted by Crippen LogP contribution is -2.25. The molecule has 2 aromatic rings. The first-order chi connectivity index (χ1) is 8.63. The van der Waals surface area contributed by atoms with Crippen LogP contribution in [0, 0.1) is 12.7 Å². The van der Waals surface area contributed by atoms with Crippen molar-refractivity contribution < 1.29 is 4.39 Å². The van der Waals surface area contributed by atoms with Crippen LogP contribution in [0.25, 0.3) is 0 Å². The Morgan fingerprint density at radius 3 is 2.78 bits per heavy atom. The monoisotopic (exact) mass is 247 g/mol. The Bertz CT molecular complexity index is 534. The lowest BCUT2D eigenvalue weighted by molar-refractivity contribution is 0.562. The van der Waals surface area contributed by atoms with E-state index in [-0.39, 0.29) is 11.9 Å². The van der Waals surface area contributed by atoms with Crippen LogP contribution in [0.5, 0.6) is 0 Å². The summed E-state index contributed by atoms with van der Waals surface area (Å²) in [6.07, 6.45) is 1.76. The third-order valence-corrected chi connectivity index (χ3v) is 3.12. The van der Waals surface area contributed by atoms with E-state index in [1.165, 1.54) is 6.07 Å². The fraction of sp³-hybridized carbons (Fsp3) is 0.357. The number of rotatable bonds is 4. The van der Waals surface area contributed by atoms with Gasteiger partial charge in [-0.1, -0.05) is 13.0 Å². The minimum Gasteiger partial charge on any atom is -0.305 e. The summed E-state index contributed by atoms with van der Waals surface area (Å²) >= 11 is 0. The van der Waals surface area contributed by atoms with E-state index in [4.69, 9.17) is 0 Å². The molecule has 1 N–H and O–H groups in total. The molecule has 0 aliphatic rings. The van der Waals surface area contributed by atoms with Crippen molar-refractivity contribution in [3.63, 3.8) is 0 Å². The molecule has 0 amide bonds. The summed E-state index contributed by atoms with van der Waals surface area (Å²) in [4.78, 5) is 0. The van der Waals surface area contributed by atoms with Crippen molar-refractivity contribution in [2.45, 2.75) is 19.9 Å². The van der Waals surface area contributed by atoms with Crippen molar-refractivity contribution in [1.82, 2.24) is 15.1 Å². The Balaban J connectivity index is 2.48. The van der Waals surface area contributed by atoms with Gasteiger partial charge in [0.1, 0.15) is 5.82 Å². The van der Waals surface area contributed by atoms with Gasteiger partial charge in [-0.2, -0.15) is 5.10 Å². The van der Waals surface area contributed by atoms with Gasteiger partial charge in [0.2, 0.25) is 0 Å². The van der Waals surface area contributed by atoms with E-state index in [2.05, 4.69) is 10.4 Å². The van der Waals surface area contributed by atoms with Gasteiger partial charge in [-0.05, 0) is 42.8 Å². The number of aryl methyl sites for hydroxylation is 2. The van der Waals surface area contributed by atoms with Crippen LogP contribution in [-0.4, -0.2) is 16.3 Å². The normalized spacial score (nSPS) is 12.7. The molecule has 96 valence electrons. The van der Waals surface area contributed by atoms with Crippen LogP contribution < -0.4 is 5.32 Å². The van der Waals surface area contributed by atoms with Gasteiger partial charge in [-0.3, -0.25) is 4.68 Å². The SMILES string of the molecule is CCNC(c1cc(F)ccc1C)c1ccnn1C. The highest BCUT2D eigenvalue weighted by Gasteiger charge is 2.18. The second kappa shape index (κ2) is 5.31. The molecular weight excluding hydrogens is 229 g/mol. The van der Waals surface area contributed by atoms with E-state index >= 15 is 0 Å². The summed E-state index contributed by atoms with van der Waals surface area (Å²) in [6.45, 7) is 4.85.